The molecule has 2 aliphatic heterocycles. The molecule has 1 amide bonds. The van der Waals surface area contributed by atoms with Gasteiger partial charge < -0.3 is 4.90 Å². The molecule has 2 rings (SSSR count). The van der Waals surface area contributed by atoms with Crippen molar-refractivity contribution in [3.05, 3.63) is 0 Å². The maximum absolute atomic E-state index is 12.1. The standard InChI is InChI=1S/C13H21N3O/c1-5-13(10-14-6-7-15-10)8-16(9-13)11(17)12(2,3)4/h6-7,10H,5,8-9H2,1-4H3. The van der Waals surface area contributed by atoms with Crippen molar-refractivity contribution < 1.29 is 4.79 Å². The highest BCUT2D eigenvalue weighted by Crippen LogP contribution is 2.41. The third-order valence-electron chi connectivity index (χ3n) is 3.71. The average molecular weight is 235 g/mol. The van der Waals surface area contributed by atoms with Crippen LogP contribution in [0.1, 0.15) is 34.1 Å². The zero-order chi connectivity index (χ0) is 12.7. The summed E-state index contributed by atoms with van der Waals surface area (Å²) in [5.41, 5.74) is -0.216. The minimum atomic E-state index is -0.290. The highest BCUT2D eigenvalue weighted by Gasteiger charge is 2.51. The zero-order valence-electron chi connectivity index (χ0n) is 11.1. The van der Waals surface area contributed by atoms with Crippen molar-refractivity contribution in [2.45, 2.75) is 40.3 Å². The van der Waals surface area contributed by atoms with Crippen LogP contribution in [0, 0.1) is 10.8 Å². The van der Waals surface area contributed by atoms with Crippen LogP contribution in [-0.2, 0) is 4.79 Å². The summed E-state index contributed by atoms with van der Waals surface area (Å²) < 4.78 is 0. The molecule has 0 saturated carbocycles. The molecule has 2 heterocycles. The molecular formula is C13H21N3O. The molecular weight excluding hydrogens is 214 g/mol. The fraction of sp³-hybridized carbons (Fsp3) is 0.769. The van der Waals surface area contributed by atoms with E-state index in [-0.39, 0.29) is 22.9 Å². The largest absolute Gasteiger partial charge is 0.341 e. The Kier molecular flexibility index (Phi) is 2.84. The smallest absolute Gasteiger partial charge is 0.227 e. The molecule has 0 aromatic heterocycles. The molecule has 0 bridgehead atoms. The molecule has 0 unspecified atom stereocenters. The Labute approximate surface area is 103 Å². The lowest BCUT2D eigenvalue weighted by atomic mass is 9.73. The number of hydrogen-bond acceptors (Lipinski definition) is 3. The Balaban J connectivity index is 2.02. The van der Waals surface area contributed by atoms with Crippen LogP contribution in [0.2, 0.25) is 0 Å². The third kappa shape index (κ3) is 2.01. The molecule has 0 aromatic rings. The Hall–Kier alpha value is -1.19. The predicted octanol–water partition coefficient (Wildman–Crippen LogP) is 1.75. The summed E-state index contributed by atoms with van der Waals surface area (Å²) in [6, 6.07) is 0. The first-order valence-electron chi connectivity index (χ1n) is 6.23. The normalized spacial score (nSPS) is 22.9. The summed E-state index contributed by atoms with van der Waals surface area (Å²) >= 11 is 0. The van der Waals surface area contributed by atoms with Gasteiger partial charge in [-0.3, -0.25) is 14.8 Å². The number of carbonyl (C=O) groups is 1. The van der Waals surface area contributed by atoms with Crippen molar-refractivity contribution >= 4 is 18.3 Å². The van der Waals surface area contributed by atoms with Crippen molar-refractivity contribution in [3.63, 3.8) is 0 Å². The molecule has 94 valence electrons. The molecule has 0 atom stereocenters. The number of rotatable bonds is 2. The van der Waals surface area contributed by atoms with Crippen LogP contribution in [0.3, 0.4) is 0 Å². The predicted molar refractivity (Wildman–Crippen MR) is 69.5 cm³/mol. The van der Waals surface area contributed by atoms with Crippen LogP contribution in [-0.4, -0.2) is 42.5 Å². The first-order valence-corrected chi connectivity index (χ1v) is 6.23. The first kappa shape index (κ1) is 12.3. The fourth-order valence-corrected chi connectivity index (χ4v) is 2.50. The summed E-state index contributed by atoms with van der Waals surface area (Å²) in [4.78, 5) is 22.8. The minimum absolute atomic E-state index is 0.0246. The van der Waals surface area contributed by atoms with Crippen molar-refractivity contribution in [3.8, 4) is 0 Å². The van der Waals surface area contributed by atoms with Crippen LogP contribution in [0.4, 0.5) is 0 Å². The van der Waals surface area contributed by atoms with Crippen LogP contribution in [0.15, 0.2) is 9.98 Å². The quantitative estimate of drug-likeness (QED) is 0.719. The summed E-state index contributed by atoms with van der Waals surface area (Å²) in [6.45, 7) is 9.63. The molecule has 1 fully saturated rings. The van der Waals surface area contributed by atoms with Gasteiger partial charge >= 0.3 is 0 Å². The second-order valence-corrected chi connectivity index (χ2v) is 6.10. The SMILES string of the molecule is CCC1(C2N=CC=N2)CN(C(=O)C(C)(C)C)C1. The fourth-order valence-electron chi connectivity index (χ4n) is 2.50. The molecule has 0 aromatic carbocycles. The summed E-state index contributed by atoms with van der Waals surface area (Å²) in [5, 5.41) is 0. The summed E-state index contributed by atoms with van der Waals surface area (Å²) in [7, 11) is 0. The average Bonchev–Trinajstić information content (AvgIpc) is 2.69. The van der Waals surface area contributed by atoms with Gasteiger partial charge in [0.05, 0.1) is 0 Å². The Morgan fingerprint density at radius 3 is 2.29 bits per heavy atom. The molecule has 4 heteroatoms. The van der Waals surface area contributed by atoms with Crippen molar-refractivity contribution in [2.24, 2.45) is 20.8 Å². The topological polar surface area (TPSA) is 45.0 Å². The zero-order valence-corrected chi connectivity index (χ0v) is 11.1. The number of nitrogens with zero attached hydrogens (tertiary/aromatic N) is 3. The van der Waals surface area contributed by atoms with E-state index in [1.165, 1.54) is 0 Å². The van der Waals surface area contributed by atoms with Gasteiger partial charge in [0, 0.05) is 36.3 Å². The van der Waals surface area contributed by atoms with E-state index < -0.39 is 0 Å². The van der Waals surface area contributed by atoms with E-state index in [2.05, 4.69) is 16.9 Å². The lowest BCUT2D eigenvalue weighted by molar-refractivity contribution is -0.153. The lowest BCUT2D eigenvalue weighted by Crippen LogP contribution is -2.64. The Morgan fingerprint density at radius 2 is 1.88 bits per heavy atom. The van der Waals surface area contributed by atoms with E-state index in [4.69, 9.17) is 0 Å². The van der Waals surface area contributed by atoms with Gasteiger partial charge in [-0.15, -0.1) is 0 Å². The van der Waals surface area contributed by atoms with Gasteiger partial charge in [-0.1, -0.05) is 27.7 Å². The molecule has 0 aliphatic carbocycles. The molecule has 0 N–H and O–H groups in total. The Bertz CT molecular complexity index is 361. The van der Waals surface area contributed by atoms with Gasteiger partial charge in [-0.05, 0) is 6.42 Å². The lowest BCUT2D eigenvalue weighted by Gasteiger charge is -2.52. The number of likely N-dealkylation sites (tertiary alicyclic amines) is 1. The number of aliphatic imine (C=N–C) groups is 2. The third-order valence-corrected chi connectivity index (χ3v) is 3.71. The van der Waals surface area contributed by atoms with Gasteiger partial charge in [0.1, 0.15) is 6.17 Å². The van der Waals surface area contributed by atoms with Crippen LogP contribution in [0.25, 0.3) is 0 Å². The van der Waals surface area contributed by atoms with Gasteiger partial charge in [-0.25, -0.2) is 0 Å². The summed E-state index contributed by atoms with van der Waals surface area (Å²) in [5.74, 6) is 0.229. The van der Waals surface area contributed by atoms with E-state index >= 15 is 0 Å². The van der Waals surface area contributed by atoms with Gasteiger partial charge in [0.15, 0.2) is 0 Å². The first-order chi connectivity index (χ1) is 7.89. The van der Waals surface area contributed by atoms with Gasteiger partial charge in [-0.2, -0.15) is 0 Å². The second kappa shape index (κ2) is 3.93. The maximum Gasteiger partial charge on any atom is 0.227 e. The van der Waals surface area contributed by atoms with Crippen molar-refractivity contribution in [1.29, 1.82) is 0 Å². The molecule has 0 spiro atoms. The van der Waals surface area contributed by atoms with Gasteiger partial charge in [0.2, 0.25) is 5.91 Å². The van der Waals surface area contributed by atoms with Crippen molar-refractivity contribution in [2.75, 3.05) is 13.1 Å². The molecule has 17 heavy (non-hydrogen) atoms. The minimum Gasteiger partial charge on any atom is -0.341 e. The number of carbonyl (C=O) groups excluding carboxylic acids is 1. The van der Waals surface area contributed by atoms with E-state index in [1.807, 2.05) is 25.7 Å². The maximum atomic E-state index is 12.1. The van der Waals surface area contributed by atoms with E-state index in [0.717, 1.165) is 19.5 Å². The molecule has 2 aliphatic rings. The molecule has 4 nitrogen and oxygen atoms in total. The highest BCUT2D eigenvalue weighted by molar-refractivity contribution is 6.17. The second-order valence-electron chi connectivity index (χ2n) is 6.10. The van der Waals surface area contributed by atoms with Gasteiger partial charge in [0.25, 0.3) is 0 Å². The van der Waals surface area contributed by atoms with Crippen molar-refractivity contribution in [1.82, 2.24) is 4.90 Å². The monoisotopic (exact) mass is 235 g/mol. The van der Waals surface area contributed by atoms with E-state index in [0.29, 0.717) is 0 Å². The van der Waals surface area contributed by atoms with Crippen LogP contribution in [0.5, 0.6) is 0 Å². The summed E-state index contributed by atoms with van der Waals surface area (Å²) in [6.07, 6.45) is 4.56. The Morgan fingerprint density at radius 1 is 1.35 bits per heavy atom. The number of amides is 1. The van der Waals surface area contributed by atoms with Crippen LogP contribution < -0.4 is 0 Å². The molecule has 0 radical (unpaired) electrons. The highest BCUT2D eigenvalue weighted by atomic mass is 16.2. The van der Waals surface area contributed by atoms with E-state index in [1.54, 1.807) is 12.4 Å². The number of hydrogen-bond donors (Lipinski definition) is 0. The molecule has 1 saturated heterocycles. The van der Waals surface area contributed by atoms with E-state index in [9.17, 15) is 4.79 Å². The van der Waals surface area contributed by atoms with Crippen LogP contribution >= 0.6 is 0 Å².